The molecule has 0 aliphatic heterocycles. The van der Waals surface area contributed by atoms with Gasteiger partial charge in [-0.1, -0.05) is 0 Å². The van der Waals surface area contributed by atoms with Gasteiger partial charge in [-0.25, -0.2) is 4.98 Å². The fourth-order valence-electron chi connectivity index (χ4n) is 2.07. The van der Waals surface area contributed by atoms with Crippen LogP contribution in [0, 0.1) is 6.92 Å². The summed E-state index contributed by atoms with van der Waals surface area (Å²) < 4.78 is 10.8. The lowest BCUT2D eigenvalue weighted by molar-refractivity contribution is 0.105. The Kier molecular flexibility index (Phi) is 11.5. The Morgan fingerprint density at radius 3 is 2.96 bits per heavy atom. The van der Waals surface area contributed by atoms with Crippen molar-refractivity contribution < 1.29 is 9.15 Å². The molecule has 0 saturated carbocycles. The molecule has 0 unspecified atom stereocenters. The van der Waals surface area contributed by atoms with Gasteiger partial charge in [-0.15, -0.1) is 35.3 Å². The fourth-order valence-corrected chi connectivity index (χ4v) is 2.86. The van der Waals surface area contributed by atoms with E-state index in [2.05, 4.69) is 34.5 Å². The van der Waals surface area contributed by atoms with E-state index < -0.39 is 0 Å². The second kappa shape index (κ2) is 13.1. The first-order valence-electron chi connectivity index (χ1n) is 8.31. The Morgan fingerprint density at radius 1 is 1.40 bits per heavy atom. The zero-order valence-corrected chi connectivity index (χ0v) is 17.9. The average molecular weight is 478 g/mol. The van der Waals surface area contributed by atoms with Gasteiger partial charge in [0, 0.05) is 43.7 Å². The first-order valence-corrected chi connectivity index (χ1v) is 9.13. The normalized spacial score (nSPS) is 11.2. The predicted molar refractivity (Wildman–Crippen MR) is 113 cm³/mol. The summed E-state index contributed by atoms with van der Waals surface area (Å²) in [5.41, 5.74) is 0. The van der Waals surface area contributed by atoms with E-state index in [0.29, 0.717) is 13.2 Å². The minimum Gasteiger partial charge on any atom is -0.467 e. The number of nitrogens with zero attached hydrogens (tertiary/aromatic N) is 2. The minimum absolute atomic E-state index is 0. The lowest BCUT2D eigenvalue weighted by Crippen LogP contribution is -2.38. The Hall–Kier alpha value is -1.13. The number of ether oxygens (including phenoxy) is 1. The number of aliphatic imine (C=N–C) groups is 1. The van der Waals surface area contributed by atoms with Gasteiger partial charge in [0.15, 0.2) is 5.96 Å². The molecule has 0 atom stereocenters. The van der Waals surface area contributed by atoms with Crippen LogP contribution in [0.3, 0.4) is 0 Å². The molecule has 2 rings (SSSR count). The topological polar surface area (TPSA) is 71.7 Å². The number of aromatic nitrogens is 1. The van der Waals surface area contributed by atoms with Crippen LogP contribution in [-0.4, -0.2) is 37.2 Å². The monoisotopic (exact) mass is 478 g/mol. The number of thiazole rings is 1. The van der Waals surface area contributed by atoms with Crippen LogP contribution in [0.2, 0.25) is 0 Å². The molecule has 0 radical (unpaired) electrons. The number of rotatable bonds is 10. The Morgan fingerprint density at radius 2 is 2.28 bits per heavy atom. The molecular formula is C17H27IN4O2S. The molecule has 0 aliphatic carbocycles. The van der Waals surface area contributed by atoms with Gasteiger partial charge in [0.05, 0.1) is 11.3 Å². The van der Waals surface area contributed by atoms with Crippen molar-refractivity contribution >= 4 is 41.3 Å². The van der Waals surface area contributed by atoms with E-state index in [1.807, 2.05) is 18.3 Å². The predicted octanol–water partition coefficient (Wildman–Crippen LogP) is 3.37. The van der Waals surface area contributed by atoms with Crippen molar-refractivity contribution in [2.75, 3.05) is 26.2 Å². The highest BCUT2D eigenvalue weighted by molar-refractivity contribution is 14.0. The maximum atomic E-state index is 5.55. The van der Waals surface area contributed by atoms with Gasteiger partial charge < -0.3 is 19.8 Å². The Bertz CT molecular complexity index is 602. The number of guanidine groups is 1. The average Bonchev–Trinajstić information content (AvgIpc) is 3.22. The first-order chi connectivity index (χ1) is 11.8. The summed E-state index contributed by atoms with van der Waals surface area (Å²) in [6.07, 6.45) is 5.37. The van der Waals surface area contributed by atoms with Crippen molar-refractivity contribution in [3.8, 4) is 0 Å². The molecule has 2 N–H and O–H groups in total. The SMILES string of the molecule is CCNC(=NCCCOCc1ccco1)NCCc1ncc(C)s1.I. The van der Waals surface area contributed by atoms with Crippen molar-refractivity contribution in [3.63, 3.8) is 0 Å². The van der Waals surface area contributed by atoms with E-state index in [9.17, 15) is 0 Å². The van der Waals surface area contributed by atoms with Gasteiger partial charge in [-0.05, 0) is 32.4 Å². The third-order valence-corrected chi connectivity index (χ3v) is 4.16. The number of furan rings is 1. The number of hydrogen-bond donors (Lipinski definition) is 2. The molecule has 8 heteroatoms. The lowest BCUT2D eigenvalue weighted by Gasteiger charge is -2.10. The summed E-state index contributed by atoms with van der Waals surface area (Å²) in [6.45, 7) is 7.72. The quantitative estimate of drug-likeness (QED) is 0.237. The van der Waals surface area contributed by atoms with Crippen LogP contribution in [0.25, 0.3) is 0 Å². The molecule has 140 valence electrons. The van der Waals surface area contributed by atoms with Gasteiger partial charge in [0.1, 0.15) is 12.4 Å². The van der Waals surface area contributed by atoms with Crippen LogP contribution in [0.1, 0.15) is 29.0 Å². The first kappa shape index (κ1) is 21.9. The summed E-state index contributed by atoms with van der Waals surface area (Å²) in [4.78, 5) is 10.2. The van der Waals surface area contributed by atoms with Crippen LogP contribution < -0.4 is 10.6 Å². The molecule has 2 heterocycles. The Balaban J connectivity index is 0.00000312. The van der Waals surface area contributed by atoms with Gasteiger partial charge in [-0.2, -0.15) is 0 Å². The van der Waals surface area contributed by atoms with Crippen LogP contribution >= 0.6 is 35.3 Å². The third kappa shape index (κ3) is 9.22. The summed E-state index contributed by atoms with van der Waals surface area (Å²) in [7, 11) is 0. The third-order valence-electron chi connectivity index (χ3n) is 3.19. The van der Waals surface area contributed by atoms with Gasteiger partial charge in [0.2, 0.25) is 0 Å². The van der Waals surface area contributed by atoms with E-state index >= 15 is 0 Å². The number of halogens is 1. The molecule has 0 aliphatic rings. The van der Waals surface area contributed by atoms with Crippen LogP contribution in [0.5, 0.6) is 0 Å². The van der Waals surface area contributed by atoms with Crippen molar-refractivity contribution in [1.29, 1.82) is 0 Å². The van der Waals surface area contributed by atoms with E-state index in [1.165, 1.54) is 4.88 Å². The van der Waals surface area contributed by atoms with Gasteiger partial charge >= 0.3 is 0 Å². The number of nitrogens with one attached hydrogen (secondary N) is 2. The van der Waals surface area contributed by atoms with Gasteiger partial charge in [0.25, 0.3) is 0 Å². The van der Waals surface area contributed by atoms with Crippen molar-refractivity contribution in [2.24, 2.45) is 4.99 Å². The molecule has 0 amide bonds. The summed E-state index contributed by atoms with van der Waals surface area (Å²) >= 11 is 1.74. The Labute approximate surface area is 170 Å². The van der Waals surface area contributed by atoms with E-state index in [0.717, 1.165) is 49.2 Å². The number of aryl methyl sites for hydroxylation is 1. The summed E-state index contributed by atoms with van der Waals surface area (Å²) in [6, 6.07) is 3.78. The highest BCUT2D eigenvalue weighted by atomic mass is 127. The molecule has 0 bridgehead atoms. The second-order valence-electron chi connectivity index (χ2n) is 5.29. The highest BCUT2D eigenvalue weighted by Gasteiger charge is 2.01. The fraction of sp³-hybridized carbons (Fsp3) is 0.529. The maximum Gasteiger partial charge on any atom is 0.191 e. The zero-order chi connectivity index (χ0) is 17.0. The van der Waals surface area contributed by atoms with E-state index in [1.54, 1.807) is 17.6 Å². The molecule has 0 saturated heterocycles. The largest absolute Gasteiger partial charge is 0.467 e. The molecule has 6 nitrogen and oxygen atoms in total. The summed E-state index contributed by atoms with van der Waals surface area (Å²) in [5.74, 6) is 1.70. The molecule has 25 heavy (non-hydrogen) atoms. The number of hydrogen-bond acceptors (Lipinski definition) is 5. The van der Waals surface area contributed by atoms with Crippen molar-refractivity contribution in [1.82, 2.24) is 15.6 Å². The lowest BCUT2D eigenvalue weighted by atomic mass is 10.4. The molecule has 0 aromatic carbocycles. The van der Waals surface area contributed by atoms with E-state index in [4.69, 9.17) is 9.15 Å². The minimum atomic E-state index is 0. The molecule has 0 spiro atoms. The van der Waals surface area contributed by atoms with Crippen LogP contribution in [0.4, 0.5) is 0 Å². The van der Waals surface area contributed by atoms with Crippen LogP contribution in [0.15, 0.2) is 34.0 Å². The summed E-state index contributed by atoms with van der Waals surface area (Å²) in [5, 5.41) is 7.75. The molecular weight excluding hydrogens is 451 g/mol. The van der Waals surface area contributed by atoms with Gasteiger partial charge in [-0.3, -0.25) is 4.99 Å². The molecule has 2 aromatic rings. The van der Waals surface area contributed by atoms with Crippen LogP contribution in [-0.2, 0) is 17.8 Å². The molecule has 2 aromatic heterocycles. The highest BCUT2D eigenvalue weighted by Crippen LogP contribution is 2.10. The molecule has 0 fully saturated rings. The maximum absolute atomic E-state index is 5.55. The zero-order valence-electron chi connectivity index (χ0n) is 14.8. The smallest absolute Gasteiger partial charge is 0.191 e. The standard InChI is InChI=1S/C17H26N4O2S.HI/c1-3-18-17(20-9-7-16-21-12-14(2)24-16)19-8-5-10-22-13-15-6-4-11-23-15;/h4,6,11-12H,3,5,7-10,13H2,1-2H3,(H2,18,19,20);1H. The second-order valence-corrected chi connectivity index (χ2v) is 6.61. The van der Waals surface area contributed by atoms with Crippen molar-refractivity contribution in [3.05, 3.63) is 40.2 Å². The van der Waals surface area contributed by atoms with E-state index in [-0.39, 0.29) is 24.0 Å². The van der Waals surface area contributed by atoms with Crippen molar-refractivity contribution in [2.45, 2.75) is 33.3 Å².